The van der Waals surface area contributed by atoms with Crippen molar-refractivity contribution in [2.24, 2.45) is 11.8 Å². The van der Waals surface area contributed by atoms with Crippen LogP contribution in [0.5, 0.6) is 0 Å². The minimum Gasteiger partial charge on any atom is -0.379 e. The van der Waals surface area contributed by atoms with E-state index in [9.17, 15) is 14.0 Å². The maximum Gasteiger partial charge on any atom is 0.340 e. The van der Waals surface area contributed by atoms with Crippen molar-refractivity contribution in [2.45, 2.75) is 38.0 Å². The second kappa shape index (κ2) is 10.1. The van der Waals surface area contributed by atoms with Crippen molar-refractivity contribution in [1.29, 1.82) is 0 Å². The number of halogens is 2. The average Bonchev–Trinajstić information content (AvgIpc) is 3.42. The fourth-order valence-electron chi connectivity index (χ4n) is 4.88. The molecule has 15 heteroatoms. The van der Waals surface area contributed by atoms with Gasteiger partial charge in [0.1, 0.15) is 6.17 Å². The Hall–Kier alpha value is -1.10. The normalized spacial score (nSPS) is 24.4. The van der Waals surface area contributed by atoms with E-state index in [1.807, 2.05) is 0 Å². The van der Waals surface area contributed by atoms with E-state index in [1.165, 1.54) is 37.1 Å². The molecule has 2 aromatic rings. The Labute approximate surface area is 200 Å². The molecule has 1 aliphatic heterocycles. The highest BCUT2D eigenvalue weighted by Gasteiger charge is 2.37. The molecule has 5 atom stereocenters. The summed E-state index contributed by atoms with van der Waals surface area (Å²) in [6, 6.07) is 1.74. The molecule has 2 fully saturated rings. The van der Waals surface area contributed by atoms with E-state index in [0.29, 0.717) is 17.5 Å². The van der Waals surface area contributed by atoms with E-state index in [2.05, 4.69) is 15.0 Å². The predicted molar refractivity (Wildman–Crippen MR) is 123 cm³/mol. The molecule has 3 heterocycles. The van der Waals surface area contributed by atoms with Crippen LogP contribution in [-0.2, 0) is 18.4 Å². The van der Waals surface area contributed by atoms with E-state index in [4.69, 9.17) is 30.6 Å². The molecule has 3 N–H and O–H groups in total. The number of nitrogens with zero attached hydrogens (tertiary/aromatic N) is 4. The lowest BCUT2D eigenvalue weighted by atomic mass is 10.0. The van der Waals surface area contributed by atoms with Crippen LogP contribution in [-0.4, -0.2) is 68.1 Å². The van der Waals surface area contributed by atoms with E-state index in [-0.39, 0.29) is 17.3 Å². The number of aromatic nitrogens is 3. The van der Waals surface area contributed by atoms with Crippen molar-refractivity contribution >= 4 is 38.1 Å². The van der Waals surface area contributed by atoms with Gasteiger partial charge in [-0.15, -0.1) is 0 Å². The number of alkyl halides is 1. The summed E-state index contributed by atoms with van der Waals surface area (Å²) >= 11 is 6.27. The lowest BCUT2D eigenvalue weighted by Gasteiger charge is -2.21. The smallest absolute Gasteiger partial charge is 0.340 e. The maximum absolute atomic E-state index is 15.3. The monoisotopic (exact) mass is 540 g/mol. The highest BCUT2D eigenvalue weighted by atomic mass is 35.5. The van der Waals surface area contributed by atoms with E-state index < -0.39 is 40.0 Å². The van der Waals surface area contributed by atoms with Crippen LogP contribution in [0.1, 0.15) is 37.5 Å². The first-order valence-electron chi connectivity index (χ1n) is 10.9. The molecule has 4 rings (SSSR count). The number of fused-ring (bicyclic) bond motifs is 2. The zero-order valence-corrected chi connectivity index (χ0v) is 21.1. The molecule has 1 saturated heterocycles. The van der Waals surface area contributed by atoms with Gasteiger partial charge in [-0.1, -0.05) is 18.0 Å². The fraction of sp³-hybridized carbons (Fsp3) is 0.684. The minimum atomic E-state index is -4.76. The predicted octanol–water partition coefficient (Wildman–Crippen LogP) is 3.37. The molecule has 190 valence electrons. The van der Waals surface area contributed by atoms with Gasteiger partial charge in [-0.05, 0) is 24.7 Å². The minimum absolute atomic E-state index is 0.141. The van der Waals surface area contributed by atoms with Crippen LogP contribution in [0.3, 0.4) is 0 Å². The second-order valence-corrected chi connectivity index (χ2v) is 13.3. The second-order valence-electron chi connectivity index (χ2n) is 8.93. The zero-order valence-electron chi connectivity index (χ0n) is 18.5. The first-order valence-corrected chi connectivity index (χ1v) is 14.9. The highest BCUT2D eigenvalue weighted by Crippen LogP contribution is 2.55. The number of ether oxygens (including phenoxy) is 1. The zero-order chi connectivity index (χ0) is 24.7. The average molecular weight is 541 g/mol. The lowest BCUT2D eigenvalue weighted by Crippen LogP contribution is -2.22. The molecule has 3 unspecified atom stereocenters. The summed E-state index contributed by atoms with van der Waals surface area (Å²) in [5.74, 6) is -0.0386. The molecule has 34 heavy (non-hydrogen) atoms. The molecule has 0 bridgehead atoms. The first-order chi connectivity index (χ1) is 16.0. The quantitative estimate of drug-likeness (QED) is 0.383. The summed E-state index contributed by atoms with van der Waals surface area (Å²) in [5, 5.41) is 4.43. The number of imidazole rings is 1. The summed E-state index contributed by atoms with van der Waals surface area (Å²) in [6.07, 6.45) is 2.19. The van der Waals surface area contributed by atoms with Gasteiger partial charge in [-0.25, -0.2) is 13.9 Å². The Balaban J connectivity index is 1.48. The summed E-state index contributed by atoms with van der Waals surface area (Å²) in [4.78, 5) is 34.0. The van der Waals surface area contributed by atoms with Crippen LogP contribution in [0, 0.1) is 11.8 Å². The number of hydrogen-bond donors (Lipinski definition) is 3. The first kappa shape index (κ1) is 26.0. The van der Waals surface area contributed by atoms with E-state index >= 15 is 4.39 Å². The molecule has 2 aliphatic rings. The molecule has 1 saturated carbocycles. The number of methoxy groups -OCH3 is 1. The molecule has 0 amide bonds. The Morgan fingerprint density at radius 2 is 1.94 bits per heavy atom. The van der Waals surface area contributed by atoms with Crippen molar-refractivity contribution in [1.82, 2.24) is 14.6 Å². The molecule has 0 spiro atoms. The van der Waals surface area contributed by atoms with Crippen molar-refractivity contribution in [2.75, 3.05) is 37.6 Å². The molecule has 1 aliphatic carbocycles. The molecule has 0 radical (unpaired) electrons. The van der Waals surface area contributed by atoms with Crippen molar-refractivity contribution in [3.63, 3.8) is 0 Å². The Morgan fingerprint density at radius 3 is 2.56 bits per heavy atom. The van der Waals surface area contributed by atoms with Gasteiger partial charge in [0.15, 0.2) is 16.7 Å². The standard InChI is InChI=1S/C19H28ClFN4O7P2/c1-31-14(10-32-34(29,30)11-33(26,27)28)5-15(21)17-7-22-19-16(6-18(20)23-25(17)19)24-8-12-3-2-4-13(12)9-24/h6-7,12-15H,2-5,8-11H2,1H3,(H,29,30)(H2,26,27,28)/t12?,13?,14-,15-/m0/s1. The van der Waals surface area contributed by atoms with Crippen LogP contribution in [0.4, 0.5) is 10.1 Å². The largest absolute Gasteiger partial charge is 0.379 e. The third-order valence-electron chi connectivity index (χ3n) is 6.46. The SMILES string of the molecule is CO[C@H](COP(=O)(O)CP(=O)(O)O)C[C@H](F)c1cnc2c(N3CC4CCCC4C3)cc(Cl)nn12. The van der Waals surface area contributed by atoms with Crippen molar-refractivity contribution in [3.8, 4) is 0 Å². The molecular weight excluding hydrogens is 513 g/mol. The van der Waals surface area contributed by atoms with Crippen molar-refractivity contribution in [3.05, 3.63) is 23.1 Å². The fourth-order valence-corrected chi connectivity index (χ4v) is 7.64. The van der Waals surface area contributed by atoms with Crippen LogP contribution in [0.15, 0.2) is 12.3 Å². The van der Waals surface area contributed by atoms with Crippen LogP contribution >= 0.6 is 26.8 Å². The highest BCUT2D eigenvalue weighted by molar-refractivity contribution is 7.70. The van der Waals surface area contributed by atoms with Gasteiger partial charge in [0.2, 0.25) is 0 Å². The Kier molecular flexibility index (Phi) is 7.72. The maximum atomic E-state index is 15.3. The molecule has 2 aromatic heterocycles. The topological polar surface area (TPSA) is 147 Å². The number of rotatable bonds is 10. The third kappa shape index (κ3) is 5.99. The molecular formula is C19H28ClFN4O7P2. The van der Waals surface area contributed by atoms with Gasteiger partial charge in [-0.2, -0.15) is 5.10 Å². The van der Waals surface area contributed by atoms with Gasteiger partial charge in [0.25, 0.3) is 0 Å². The van der Waals surface area contributed by atoms with Gasteiger partial charge in [0.05, 0.1) is 30.3 Å². The summed E-state index contributed by atoms with van der Waals surface area (Å²) in [7, 11) is -8.06. The Morgan fingerprint density at radius 1 is 1.26 bits per heavy atom. The van der Waals surface area contributed by atoms with Gasteiger partial charge < -0.3 is 28.8 Å². The van der Waals surface area contributed by atoms with Gasteiger partial charge in [0, 0.05) is 32.7 Å². The van der Waals surface area contributed by atoms with Gasteiger partial charge >= 0.3 is 15.2 Å². The summed E-state index contributed by atoms with van der Waals surface area (Å²) in [5.41, 5.74) is 1.44. The lowest BCUT2D eigenvalue weighted by molar-refractivity contribution is 0.0302. The van der Waals surface area contributed by atoms with Gasteiger partial charge in [-0.3, -0.25) is 9.13 Å². The van der Waals surface area contributed by atoms with Crippen LogP contribution in [0.2, 0.25) is 5.15 Å². The van der Waals surface area contributed by atoms with Crippen LogP contribution < -0.4 is 4.90 Å². The van der Waals surface area contributed by atoms with Crippen molar-refractivity contribution < 1.29 is 37.5 Å². The number of hydrogen-bond acceptors (Lipinski definition) is 7. The Bertz CT molecular complexity index is 1120. The number of anilines is 1. The van der Waals surface area contributed by atoms with Crippen LogP contribution in [0.25, 0.3) is 5.65 Å². The summed E-state index contributed by atoms with van der Waals surface area (Å²) in [6.45, 7) is 1.28. The van der Waals surface area contributed by atoms with E-state index in [1.54, 1.807) is 6.07 Å². The summed E-state index contributed by atoms with van der Waals surface area (Å²) < 4.78 is 49.4. The van der Waals surface area contributed by atoms with E-state index in [0.717, 1.165) is 18.8 Å². The third-order valence-corrected chi connectivity index (χ3v) is 10.1. The molecule has 11 nitrogen and oxygen atoms in total. The molecule has 0 aromatic carbocycles.